The molecule has 4 rings (SSSR count). The molecule has 0 aromatic heterocycles. The van der Waals surface area contributed by atoms with E-state index in [9.17, 15) is 4.79 Å². The van der Waals surface area contributed by atoms with E-state index in [1.807, 2.05) is 47.4 Å². The largest absolute Gasteiger partial charge is 0.497 e. The monoisotopic (exact) mass is 489 g/mol. The van der Waals surface area contributed by atoms with Crippen molar-refractivity contribution in [2.75, 3.05) is 52.3 Å². The standard InChI is InChI=1S/C29H35N3O4/c1-22-10-12-23(13-11-22)21-36-28(24-6-4-8-26(18-24)34-2)20-31-14-16-32(17-15-31)29(33)30-25-7-5-9-27(19-25)35-3/h4-13,18-19,28H,14-17,20-21H2,1-3H3,(H,30,33). The summed E-state index contributed by atoms with van der Waals surface area (Å²) in [4.78, 5) is 17.0. The Kier molecular flexibility index (Phi) is 8.81. The van der Waals surface area contributed by atoms with Gasteiger partial charge in [0, 0.05) is 44.5 Å². The van der Waals surface area contributed by atoms with E-state index in [0.29, 0.717) is 25.4 Å². The van der Waals surface area contributed by atoms with Gasteiger partial charge in [-0.15, -0.1) is 0 Å². The first-order valence-corrected chi connectivity index (χ1v) is 12.3. The van der Waals surface area contributed by atoms with Crippen LogP contribution in [0.25, 0.3) is 0 Å². The van der Waals surface area contributed by atoms with Gasteiger partial charge in [0.1, 0.15) is 11.5 Å². The van der Waals surface area contributed by atoms with Crippen LogP contribution in [-0.4, -0.2) is 62.8 Å². The number of methoxy groups -OCH3 is 2. The van der Waals surface area contributed by atoms with E-state index in [-0.39, 0.29) is 12.1 Å². The number of nitrogens with zero attached hydrogens (tertiary/aromatic N) is 2. The lowest BCUT2D eigenvalue weighted by molar-refractivity contribution is 0.00584. The molecule has 0 saturated carbocycles. The van der Waals surface area contributed by atoms with Crippen LogP contribution in [0.3, 0.4) is 0 Å². The fraction of sp³-hybridized carbons (Fsp3) is 0.345. The Morgan fingerprint density at radius 2 is 1.56 bits per heavy atom. The Bertz CT molecular complexity index is 1130. The lowest BCUT2D eigenvalue weighted by Gasteiger charge is -2.36. The number of amides is 2. The first kappa shape index (κ1) is 25.5. The Hall–Kier alpha value is -3.55. The lowest BCUT2D eigenvalue weighted by Crippen LogP contribution is -2.50. The number of rotatable bonds is 9. The molecular weight excluding hydrogens is 454 g/mol. The normalized spacial score (nSPS) is 14.8. The van der Waals surface area contributed by atoms with Crippen LogP contribution in [0, 0.1) is 6.92 Å². The van der Waals surface area contributed by atoms with Crippen molar-refractivity contribution in [3.63, 3.8) is 0 Å². The molecule has 7 heteroatoms. The summed E-state index contributed by atoms with van der Waals surface area (Å²) in [5.41, 5.74) is 4.19. The summed E-state index contributed by atoms with van der Waals surface area (Å²) in [5, 5.41) is 2.97. The van der Waals surface area contributed by atoms with Crippen molar-refractivity contribution in [3.8, 4) is 11.5 Å². The van der Waals surface area contributed by atoms with E-state index in [1.54, 1.807) is 14.2 Å². The summed E-state index contributed by atoms with van der Waals surface area (Å²) in [5.74, 6) is 1.53. The van der Waals surface area contributed by atoms with E-state index in [4.69, 9.17) is 14.2 Å². The smallest absolute Gasteiger partial charge is 0.321 e. The summed E-state index contributed by atoms with van der Waals surface area (Å²) in [6.07, 6.45) is -0.112. The summed E-state index contributed by atoms with van der Waals surface area (Å²) >= 11 is 0. The summed E-state index contributed by atoms with van der Waals surface area (Å²) in [6.45, 7) is 6.21. The molecule has 1 saturated heterocycles. The number of hydrogen-bond donors (Lipinski definition) is 1. The molecule has 1 aliphatic heterocycles. The van der Waals surface area contributed by atoms with Crippen molar-refractivity contribution in [2.45, 2.75) is 19.6 Å². The topological polar surface area (TPSA) is 63.3 Å². The van der Waals surface area contributed by atoms with Gasteiger partial charge in [-0.1, -0.05) is 48.0 Å². The van der Waals surface area contributed by atoms with Crippen LogP contribution in [0.4, 0.5) is 10.5 Å². The summed E-state index contributed by atoms with van der Waals surface area (Å²) in [6, 6.07) is 23.8. The van der Waals surface area contributed by atoms with Gasteiger partial charge in [-0.2, -0.15) is 0 Å². The molecule has 1 N–H and O–H groups in total. The first-order valence-electron chi connectivity index (χ1n) is 12.3. The number of anilines is 1. The highest BCUT2D eigenvalue weighted by Crippen LogP contribution is 2.25. The second-order valence-electron chi connectivity index (χ2n) is 9.01. The fourth-order valence-corrected chi connectivity index (χ4v) is 4.25. The summed E-state index contributed by atoms with van der Waals surface area (Å²) < 4.78 is 17.1. The number of piperazine rings is 1. The van der Waals surface area contributed by atoms with Crippen LogP contribution >= 0.6 is 0 Å². The number of nitrogens with one attached hydrogen (secondary N) is 1. The number of carbonyl (C=O) groups is 1. The highest BCUT2D eigenvalue weighted by molar-refractivity contribution is 5.89. The average Bonchev–Trinajstić information content (AvgIpc) is 2.92. The number of ether oxygens (including phenoxy) is 3. The number of aryl methyl sites for hydroxylation is 1. The van der Waals surface area contributed by atoms with Gasteiger partial charge in [-0.05, 0) is 42.3 Å². The van der Waals surface area contributed by atoms with Crippen LogP contribution in [0.1, 0.15) is 22.8 Å². The SMILES string of the molecule is COc1cccc(NC(=O)N2CCN(CC(OCc3ccc(C)cc3)c3cccc(OC)c3)CC2)c1. The molecule has 0 spiro atoms. The predicted octanol–water partition coefficient (Wildman–Crippen LogP) is 5.12. The molecule has 0 bridgehead atoms. The maximum Gasteiger partial charge on any atom is 0.321 e. The van der Waals surface area contributed by atoms with E-state index < -0.39 is 0 Å². The average molecular weight is 490 g/mol. The number of hydrogen-bond acceptors (Lipinski definition) is 5. The Balaban J connectivity index is 1.36. The van der Waals surface area contributed by atoms with Crippen molar-refractivity contribution in [1.29, 1.82) is 0 Å². The van der Waals surface area contributed by atoms with E-state index in [0.717, 1.165) is 42.2 Å². The van der Waals surface area contributed by atoms with E-state index in [2.05, 4.69) is 47.5 Å². The lowest BCUT2D eigenvalue weighted by atomic mass is 10.1. The molecule has 1 aliphatic rings. The van der Waals surface area contributed by atoms with Gasteiger partial charge in [-0.25, -0.2) is 4.79 Å². The minimum absolute atomic E-state index is 0.0946. The predicted molar refractivity (Wildman–Crippen MR) is 142 cm³/mol. The first-order chi connectivity index (χ1) is 17.5. The Morgan fingerprint density at radius 3 is 2.25 bits per heavy atom. The van der Waals surface area contributed by atoms with Crippen molar-refractivity contribution in [1.82, 2.24) is 9.80 Å². The van der Waals surface area contributed by atoms with Crippen LogP contribution in [0.15, 0.2) is 72.8 Å². The highest BCUT2D eigenvalue weighted by atomic mass is 16.5. The summed E-state index contributed by atoms with van der Waals surface area (Å²) in [7, 11) is 3.29. The molecule has 1 atom stereocenters. The molecule has 190 valence electrons. The minimum atomic E-state index is -0.112. The van der Waals surface area contributed by atoms with Gasteiger partial charge >= 0.3 is 6.03 Å². The molecule has 1 unspecified atom stereocenters. The molecule has 36 heavy (non-hydrogen) atoms. The van der Waals surface area contributed by atoms with Crippen molar-refractivity contribution in [3.05, 3.63) is 89.5 Å². The molecular formula is C29H35N3O4. The van der Waals surface area contributed by atoms with Gasteiger partial charge in [0.25, 0.3) is 0 Å². The maximum atomic E-state index is 12.8. The van der Waals surface area contributed by atoms with Crippen molar-refractivity contribution in [2.24, 2.45) is 0 Å². The van der Waals surface area contributed by atoms with Gasteiger partial charge < -0.3 is 24.4 Å². The maximum absolute atomic E-state index is 12.8. The van der Waals surface area contributed by atoms with Crippen LogP contribution in [0.5, 0.6) is 11.5 Å². The van der Waals surface area contributed by atoms with Gasteiger partial charge in [0.2, 0.25) is 0 Å². The third-order valence-corrected chi connectivity index (χ3v) is 6.44. The molecule has 2 amide bonds. The van der Waals surface area contributed by atoms with Crippen LogP contribution in [-0.2, 0) is 11.3 Å². The molecule has 0 aliphatic carbocycles. The number of benzene rings is 3. The molecule has 0 radical (unpaired) electrons. The number of urea groups is 1. The number of carbonyl (C=O) groups excluding carboxylic acids is 1. The molecule has 7 nitrogen and oxygen atoms in total. The van der Waals surface area contributed by atoms with Crippen molar-refractivity contribution < 1.29 is 19.0 Å². The zero-order chi connectivity index (χ0) is 25.3. The van der Waals surface area contributed by atoms with Gasteiger partial charge in [0.15, 0.2) is 0 Å². The zero-order valence-electron chi connectivity index (χ0n) is 21.3. The van der Waals surface area contributed by atoms with Crippen LogP contribution in [0.2, 0.25) is 0 Å². The molecule has 3 aromatic carbocycles. The van der Waals surface area contributed by atoms with Gasteiger partial charge in [0.05, 0.1) is 26.9 Å². The second kappa shape index (κ2) is 12.4. The third kappa shape index (κ3) is 6.99. The third-order valence-electron chi connectivity index (χ3n) is 6.44. The minimum Gasteiger partial charge on any atom is -0.497 e. The van der Waals surface area contributed by atoms with Gasteiger partial charge in [-0.3, -0.25) is 4.90 Å². The molecule has 3 aromatic rings. The Labute approximate surface area is 213 Å². The highest BCUT2D eigenvalue weighted by Gasteiger charge is 2.24. The Morgan fingerprint density at radius 1 is 0.889 bits per heavy atom. The zero-order valence-corrected chi connectivity index (χ0v) is 21.3. The fourth-order valence-electron chi connectivity index (χ4n) is 4.25. The second-order valence-corrected chi connectivity index (χ2v) is 9.01. The van der Waals surface area contributed by atoms with Crippen molar-refractivity contribution >= 4 is 11.7 Å². The quantitative estimate of drug-likeness (QED) is 0.452. The van der Waals surface area contributed by atoms with E-state index in [1.165, 1.54) is 5.56 Å². The molecule has 1 heterocycles. The van der Waals surface area contributed by atoms with E-state index >= 15 is 0 Å². The van der Waals surface area contributed by atoms with Crippen LogP contribution < -0.4 is 14.8 Å². The molecule has 1 fully saturated rings.